The van der Waals surface area contributed by atoms with Crippen molar-refractivity contribution in [2.75, 3.05) is 19.7 Å². The molecule has 0 spiro atoms. The Labute approximate surface area is 114 Å². The molecule has 19 heavy (non-hydrogen) atoms. The lowest BCUT2D eigenvalue weighted by Crippen LogP contribution is -2.22. The van der Waals surface area contributed by atoms with Crippen molar-refractivity contribution in [2.24, 2.45) is 0 Å². The third-order valence-electron chi connectivity index (χ3n) is 2.87. The van der Waals surface area contributed by atoms with E-state index >= 15 is 0 Å². The molecule has 102 valence electrons. The molecule has 4 heteroatoms. The average molecular weight is 259 g/mol. The van der Waals surface area contributed by atoms with Gasteiger partial charge in [-0.2, -0.15) is 0 Å². The van der Waals surface area contributed by atoms with Gasteiger partial charge in [0.2, 0.25) is 0 Å². The molecule has 0 atom stereocenters. The van der Waals surface area contributed by atoms with Crippen molar-refractivity contribution < 1.29 is 4.74 Å². The minimum Gasteiger partial charge on any atom is -0.492 e. The number of aryl methyl sites for hydroxylation is 2. The molecule has 2 rings (SSSR count). The number of imidazole rings is 1. The number of aromatic nitrogens is 2. The summed E-state index contributed by atoms with van der Waals surface area (Å²) in [6.45, 7) is 5.65. The molecular weight excluding hydrogens is 238 g/mol. The second-order valence-corrected chi connectivity index (χ2v) is 4.57. The van der Waals surface area contributed by atoms with E-state index in [2.05, 4.69) is 33.9 Å². The van der Waals surface area contributed by atoms with Crippen LogP contribution in [0.15, 0.2) is 43.0 Å². The van der Waals surface area contributed by atoms with Crippen molar-refractivity contribution in [3.05, 3.63) is 48.5 Å². The topological polar surface area (TPSA) is 39.1 Å². The molecule has 0 unspecified atom stereocenters. The molecule has 1 N–H and O–H groups in total. The monoisotopic (exact) mass is 259 g/mol. The molecule has 4 nitrogen and oxygen atoms in total. The van der Waals surface area contributed by atoms with Crippen molar-refractivity contribution in [1.29, 1.82) is 0 Å². The van der Waals surface area contributed by atoms with Gasteiger partial charge in [-0.3, -0.25) is 0 Å². The van der Waals surface area contributed by atoms with Gasteiger partial charge in [0.25, 0.3) is 0 Å². The second-order valence-electron chi connectivity index (χ2n) is 4.57. The number of nitrogens with zero attached hydrogens (tertiary/aromatic N) is 2. The summed E-state index contributed by atoms with van der Waals surface area (Å²) in [5.41, 5.74) is 1.23. The Morgan fingerprint density at radius 2 is 2.26 bits per heavy atom. The molecule has 0 aliphatic rings. The lowest BCUT2D eigenvalue weighted by atomic mass is 10.2. The maximum atomic E-state index is 5.66. The van der Waals surface area contributed by atoms with E-state index in [1.165, 1.54) is 5.56 Å². The number of hydrogen-bond donors (Lipinski definition) is 1. The molecule has 0 saturated carbocycles. The maximum Gasteiger partial charge on any atom is 0.119 e. The Balaban J connectivity index is 1.50. The molecule has 1 aromatic heterocycles. The zero-order valence-electron chi connectivity index (χ0n) is 11.4. The first-order chi connectivity index (χ1) is 9.34. The van der Waals surface area contributed by atoms with Crippen LogP contribution in [-0.4, -0.2) is 29.2 Å². The summed E-state index contributed by atoms with van der Waals surface area (Å²) in [6, 6.07) is 8.13. The van der Waals surface area contributed by atoms with Crippen LogP contribution in [0.2, 0.25) is 0 Å². The summed E-state index contributed by atoms with van der Waals surface area (Å²) in [7, 11) is 0. The van der Waals surface area contributed by atoms with Gasteiger partial charge in [0.05, 0.1) is 6.33 Å². The Morgan fingerprint density at radius 3 is 3.05 bits per heavy atom. The first kappa shape index (κ1) is 13.6. The molecule has 0 amide bonds. The van der Waals surface area contributed by atoms with Crippen molar-refractivity contribution in [2.45, 2.75) is 19.9 Å². The molecule has 0 saturated heterocycles. The van der Waals surface area contributed by atoms with E-state index in [1.54, 1.807) is 0 Å². The third kappa shape index (κ3) is 5.14. The van der Waals surface area contributed by atoms with Gasteiger partial charge in [-0.15, -0.1) is 0 Å². The quantitative estimate of drug-likeness (QED) is 0.739. The van der Waals surface area contributed by atoms with E-state index in [4.69, 9.17) is 4.74 Å². The van der Waals surface area contributed by atoms with Crippen LogP contribution in [0.1, 0.15) is 12.0 Å². The van der Waals surface area contributed by atoms with Crippen LogP contribution in [-0.2, 0) is 6.54 Å². The molecule has 0 fully saturated rings. The SMILES string of the molecule is Cc1cccc(OCCNCCCn2ccnc2)c1. The lowest BCUT2D eigenvalue weighted by Gasteiger charge is -2.08. The number of benzene rings is 1. The molecular formula is C15H21N3O. The summed E-state index contributed by atoms with van der Waals surface area (Å²) in [5.74, 6) is 0.945. The smallest absolute Gasteiger partial charge is 0.119 e. The molecule has 1 aromatic carbocycles. The Morgan fingerprint density at radius 1 is 1.32 bits per heavy atom. The van der Waals surface area contributed by atoms with Gasteiger partial charge in [-0.25, -0.2) is 4.98 Å². The Kier molecular flexibility index (Phi) is 5.44. The zero-order chi connectivity index (χ0) is 13.3. The fraction of sp³-hybridized carbons (Fsp3) is 0.400. The van der Waals surface area contributed by atoms with Crippen LogP contribution in [0.3, 0.4) is 0 Å². The van der Waals surface area contributed by atoms with Crippen molar-refractivity contribution in [3.63, 3.8) is 0 Å². The van der Waals surface area contributed by atoms with Gasteiger partial charge < -0.3 is 14.6 Å². The fourth-order valence-corrected chi connectivity index (χ4v) is 1.88. The standard InChI is InChI=1S/C15H21N3O/c1-14-4-2-5-15(12-14)19-11-8-16-6-3-9-18-10-7-17-13-18/h2,4-5,7,10,12-13,16H,3,6,8-9,11H2,1H3. The van der Waals surface area contributed by atoms with Crippen LogP contribution < -0.4 is 10.1 Å². The van der Waals surface area contributed by atoms with E-state index in [9.17, 15) is 0 Å². The van der Waals surface area contributed by atoms with Crippen molar-refractivity contribution >= 4 is 0 Å². The molecule has 1 heterocycles. The highest BCUT2D eigenvalue weighted by molar-refractivity contribution is 5.27. The summed E-state index contributed by atoms with van der Waals surface area (Å²) in [5, 5.41) is 3.37. The normalized spacial score (nSPS) is 10.6. The summed E-state index contributed by atoms with van der Waals surface area (Å²) in [6.07, 6.45) is 6.74. The van der Waals surface area contributed by atoms with Gasteiger partial charge >= 0.3 is 0 Å². The highest BCUT2D eigenvalue weighted by Crippen LogP contribution is 2.11. The molecule has 0 bridgehead atoms. The number of hydrogen-bond acceptors (Lipinski definition) is 3. The molecule has 0 aliphatic carbocycles. The summed E-state index contributed by atoms with van der Waals surface area (Å²) < 4.78 is 7.75. The summed E-state index contributed by atoms with van der Waals surface area (Å²) >= 11 is 0. The van der Waals surface area contributed by atoms with Gasteiger partial charge in [0.15, 0.2) is 0 Å². The van der Waals surface area contributed by atoms with Gasteiger partial charge in [0.1, 0.15) is 12.4 Å². The van der Waals surface area contributed by atoms with Crippen molar-refractivity contribution in [1.82, 2.24) is 14.9 Å². The van der Waals surface area contributed by atoms with E-state index in [1.807, 2.05) is 30.9 Å². The maximum absolute atomic E-state index is 5.66. The van der Waals surface area contributed by atoms with Gasteiger partial charge in [-0.05, 0) is 37.6 Å². The van der Waals surface area contributed by atoms with E-state index in [0.29, 0.717) is 6.61 Å². The van der Waals surface area contributed by atoms with Crippen LogP contribution in [0.25, 0.3) is 0 Å². The Hall–Kier alpha value is -1.81. The van der Waals surface area contributed by atoms with Crippen LogP contribution >= 0.6 is 0 Å². The minimum absolute atomic E-state index is 0.703. The predicted molar refractivity (Wildman–Crippen MR) is 76.4 cm³/mol. The molecule has 2 aromatic rings. The fourth-order valence-electron chi connectivity index (χ4n) is 1.88. The van der Waals surface area contributed by atoms with Crippen LogP contribution in [0, 0.1) is 6.92 Å². The second kappa shape index (κ2) is 7.59. The number of nitrogens with one attached hydrogen (secondary N) is 1. The zero-order valence-corrected chi connectivity index (χ0v) is 11.4. The highest BCUT2D eigenvalue weighted by Gasteiger charge is 1.94. The number of ether oxygens (including phenoxy) is 1. The van der Waals surface area contributed by atoms with Crippen LogP contribution in [0.4, 0.5) is 0 Å². The van der Waals surface area contributed by atoms with Gasteiger partial charge in [-0.1, -0.05) is 12.1 Å². The average Bonchev–Trinajstić information content (AvgIpc) is 2.91. The predicted octanol–water partition coefficient (Wildman–Crippen LogP) is 2.25. The first-order valence-corrected chi connectivity index (χ1v) is 6.70. The summed E-state index contributed by atoms with van der Waals surface area (Å²) in [4.78, 5) is 4.01. The highest BCUT2D eigenvalue weighted by atomic mass is 16.5. The van der Waals surface area contributed by atoms with Crippen molar-refractivity contribution in [3.8, 4) is 5.75 Å². The molecule has 0 aliphatic heterocycles. The largest absolute Gasteiger partial charge is 0.492 e. The molecule has 0 radical (unpaired) electrons. The van der Waals surface area contributed by atoms with Crippen LogP contribution in [0.5, 0.6) is 5.75 Å². The Bertz CT molecular complexity index is 468. The van der Waals surface area contributed by atoms with Gasteiger partial charge in [0, 0.05) is 25.5 Å². The van der Waals surface area contributed by atoms with E-state index in [0.717, 1.165) is 31.8 Å². The first-order valence-electron chi connectivity index (χ1n) is 6.70. The third-order valence-corrected chi connectivity index (χ3v) is 2.87. The van der Waals surface area contributed by atoms with E-state index in [-0.39, 0.29) is 0 Å². The minimum atomic E-state index is 0.703. The van der Waals surface area contributed by atoms with E-state index < -0.39 is 0 Å². The lowest BCUT2D eigenvalue weighted by molar-refractivity contribution is 0.313. The number of rotatable bonds is 8.